The molecule has 6 rings (SSSR count). The van der Waals surface area contributed by atoms with Crippen LogP contribution in [0.15, 0.2) is 18.2 Å². The number of hydrogen-bond acceptors (Lipinski definition) is 4. The predicted molar refractivity (Wildman–Crippen MR) is 130 cm³/mol. The van der Waals surface area contributed by atoms with Crippen LogP contribution < -0.4 is 9.80 Å². The van der Waals surface area contributed by atoms with E-state index in [4.69, 9.17) is 0 Å². The van der Waals surface area contributed by atoms with E-state index in [1.54, 1.807) is 11.0 Å². The van der Waals surface area contributed by atoms with E-state index in [-0.39, 0.29) is 17.1 Å². The van der Waals surface area contributed by atoms with E-state index in [2.05, 4.69) is 14.7 Å². The van der Waals surface area contributed by atoms with Gasteiger partial charge in [-0.3, -0.25) is 4.79 Å². The Hall–Kier alpha value is -1.66. The summed E-state index contributed by atoms with van der Waals surface area (Å²) in [5, 5.41) is 0. The summed E-state index contributed by atoms with van der Waals surface area (Å²) in [6, 6.07) is 6.26. The fourth-order valence-electron chi connectivity index (χ4n) is 6.85. The Balaban J connectivity index is 1.08. The molecule has 1 saturated carbocycles. The van der Waals surface area contributed by atoms with E-state index in [0.717, 1.165) is 69.9 Å². The first kappa shape index (κ1) is 21.8. The molecule has 0 unspecified atom stereocenters. The highest BCUT2D eigenvalue weighted by Crippen LogP contribution is 2.44. The zero-order valence-corrected chi connectivity index (χ0v) is 20.0. The predicted octanol–water partition coefficient (Wildman–Crippen LogP) is 4.12. The fourth-order valence-corrected chi connectivity index (χ4v) is 6.85. The highest BCUT2D eigenvalue weighted by molar-refractivity contribution is 6.00. The quantitative estimate of drug-likeness (QED) is 0.670. The number of carbonyl (C=O) groups is 1. The summed E-state index contributed by atoms with van der Waals surface area (Å²) in [5.74, 6) is 0.811. The average Bonchev–Trinajstić information content (AvgIpc) is 3.37. The second-order valence-electron chi connectivity index (χ2n) is 11.3. The van der Waals surface area contributed by atoms with E-state index >= 15 is 4.39 Å². The molecule has 4 aliphatic heterocycles. The molecule has 4 heterocycles. The van der Waals surface area contributed by atoms with Gasteiger partial charge < -0.3 is 19.6 Å². The van der Waals surface area contributed by atoms with Crippen molar-refractivity contribution < 1.29 is 9.18 Å². The van der Waals surface area contributed by atoms with Crippen molar-refractivity contribution in [3.63, 3.8) is 0 Å². The number of nitrogens with zero attached hydrogens (tertiary/aromatic N) is 4. The molecule has 1 spiro atoms. The van der Waals surface area contributed by atoms with Crippen LogP contribution in [0.3, 0.4) is 0 Å². The number of benzene rings is 1. The number of amides is 1. The van der Waals surface area contributed by atoms with E-state index in [1.807, 2.05) is 12.1 Å². The molecular weight excluding hydrogens is 415 g/mol. The van der Waals surface area contributed by atoms with Crippen molar-refractivity contribution >= 4 is 17.3 Å². The second kappa shape index (κ2) is 8.84. The van der Waals surface area contributed by atoms with Crippen LogP contribution in [0.1, 0.15) is 57.8 Å². The van der Waals surface area contributed by atoms with Crippen molar-refractivity contribution in [3.8, 4) is 0 Å². The molecular formula is C27H39FN4O. The van der Waals surface area contributed by atoms with Gasteiger partial charge >= 0.3 is 0 Å². The monoisotopic (exact) mass is 454 g/mol. The normalized spacial score (nSPS) is 27.2. The first-order valence-corrected chi connectivity index (χ1v) is 13.4. The minimum atomic E-state index is -0.261. The van der Waals surface area contributed by atoms with Gasteiger partial charge in [-0.05, 0) is 108 Å². The summed E-state index contributed by atoms with van der Waals surface area (Å²) >= 11 is 0. The Bertz CT molecular complexity index is 865. The summed E-state index contributed by atoms with van der Waals surface area (Å²) in [7, 11) is 0. The Morgan fingerprint density at radius 1 is 0.879 bits per heavy atom. The molecule has 6 heteroatoms. The van der Waals surface area contributed by atoms with Gasteiger partial charge in [-0.15, -0.1) is 0 Å². The summed E-state index contributed by atoms with van der Waals surface area (Å²) in [6.07, 6.45) is 10.5. The van der Waals surface area contributed by atoms with E-state index in [9.17, 15) is 4.79 Å². The van der Waals surface area contributed by atoms with Crippen molar-refractivity contribution in [2.24, 2.45) is 11.3 Å². The third kappa shape index (κ3) is 4.29. The molecule has 0 atom stereocenters. The number of hydrogen-bond donors (Lipinski definition) is 0. The van der Waals surface area contributed by atoms with Crippen molar-refractivity contribution in [1.82, 2.24) is 9.80 Å². The largest absolute Gasteiger partial charge is 0.371 e. The minimum Gasteiger partial charge on any atom is -0.371 e. The molecule has 180 valence electrons. The van der Waals surface area contributed by atoms with Gasteiger partial charge in [0.1, 0.15) is 5.82 Å². The summed E-state index contributed by atoms with van der Waals surface area (Å²) in [6.45, 7) is 8.37. The number of likely N-dealkylation sites (tertiary alicyclic amines) is 2. The first-order valence-electron chi connectivity index (χ1n) is 13.4. The lowest BCUT2D eigenvalue weighted by molar-refractivity contribution is -0.128. The SMILES string of the molecule is O=C1N(c2ccc(N3CCC(N4CCCC4)CC3)cc2F)CCC12CCN(CC1CC1)CC2. The maximum absolute atomic E-state index is 15.3. The molecule has 1 aromatic rings. The third-order valence-corrected chi connectivity index (χ3v) is 9.25. The van der Waals surface area contributed by atoms with Crippen LogP contribution in [0.2, 0.25) is 0 Å². The van der Waals surface area contributed by atoms with Gasteiger partial charge in [0.05, 0.1) is 11.1 Å². The van der Waals surface area contributed by atoms with E-state index in [1.165, 1.54) is 45.3 Å². The van der Waals surface area contributed by atoms with Crippen LogP contribution in [-0.2, 0) is 4.79 Å². The first-order chi connectivity index (χ1) is 16.1. The van der Waals surface area contributed by atoms with Crippen molar-refractivity contribution in [3.05, 3.63) is 24.0 Å². The second-order valence-corrected chi connectivity index (χ2v) is 11.3. The van der Waals surface area contributed by atoms with Gasteiger partial charge in [-0.1, -0.05) is 0 Å². The molecule has 0 radical (unpaired) electrons. The van der Waals surface area contributed by atoms with Crippen LogP contribution >= 0.6 is 0 Å². The van der Waals surface area contributed by atoms with Crippen LogP contribution in [0.5, 0.6) is 0 Å². The number of rotatable bonds is 5. The molecule has 33 heavy (non-hydrogen) atoms. The van der Waals surface area contributed by atoms with Crippen LogP contribution in [-0.4, -0.2) is 74.1 Å². The lowest BCUT2D eigenvalue weighted by Gasteiger charge is -2.38. The Labute approximate surface area is 197 Å². The Morgan fingerprint density at radius 2 is 1.58 bits per heavy atom. The lowest BCUT2D eigenvalue weighted by Crippen LogP contribution is -2.45. The highest BCUT2D eigenvalue weighted by atomic mass is 19.1. The van der Waals surface area contributed by atoms with Crippen molar-refractivity contribution in [1.29, 1.82) is 0 Å². The fraction of sp³-hybridized carbons (Fsp3) is 0.741. The van der Waals surface area contributed by atoms with Gasteiger partial charge in [-0.25, -0.2) is 4.39 Å². The number of anilines is 2. The Kier molecular flexibility index (Phi) is 5.86. The summed E-state index contributed by atoms with van der Waals surface area (Å²) < 4.78 is 15.3. The minimum absolute atomic E-state index is 0.159. The molecule has 1 amide bonds. The molecule has 0 bridgehead atoms. The molecule has 0 N–H and O–H groups in total. The van der Waals surface area contributed by atoms with Crippen molar-refractivity contribution in [2.45, 2.75) is 63.8 Å². The summed E-state index contributed by atoms with van der Waals surface area (Å²) in [5.41, 5.74) is 1.18. The van der Waals surface area contributed by atoms with Crippen LogP contribution in [0.4, 0.5) is 15.8 Å². The maximum Gasteiger partial charge on any atom is 0.233 e. The summed E-state index contributed by atoms with van der Waals surface area (Å²) in [4.78, 5) is 22.7. The van der Waals surface area contributed by atoms with Gasteiger partial charge in [0.15, 0.2) is 0 Å². The average molecular weight is 455 g/mol. The third-order valence-electron chi connectivity index (χ3n) is 9.25. The molecule has 0 aromatic heterocycles. The molecule has 1 aromatic carbocycles. The van der Waals surface area contributed by atoms with E-state index < -0.39 is 0 Å². The van der Waals surface area contributed by atoms with Crippen molar-refractivity contribution in [2.75, 3.05) is 62.2 Å². The van der Waals surface area contributed by atoms with Crippen LogP contribution in [0, 0.1) is 17.2 Å². The molecule has 4 saturated heterocycles. The van der Waals surface area contributed by atoms with E-state index in [0.29, 0.717) is 18.3 Å². The number of carbonyl (C=O) groups excluding carboxylic acids is 1. The lowest BCUT2D eigenvalue weighted by atomic mass is 9.77. The molecule has 5 nitrogen and oxygen atoms in total. The zero-order valence-electron chi connectivity index (χ0n) is 20.0. The Morgan fingerprint density at radius 3 is 2.24 bits per heavy atom. The highest BCUT2D eigenvalue weighted by Gasteiger charge is 2.49. The van der Waals surface area contributed by atoms with Gasteiger partial charge in [0.2, 0.25) is 5.91 Å². The standard InChI is InChI=1S/C27H39FN4O/c28-24-19-23(31-14-7-22(8-15-31)30-12-1-2-13-30)5-6-25(24)32-18-11-27(26(32)33)9-16-29(17-10-27)20-21-3-4-21/h5-6,19,21-22H,1-4,7-18,20H2. The van der Waals surface area contributed by atoms with Gasteiger partial charge in [0.25, 0.3) is 0 Å². The smallest absolute Gasteiger partial charge is 0.233 e. The van der Waals surface area contributed by atoms with Crippen LogP contribution in [0.25, 0.3) is 0 Å². The maximum atomic E-state index is 15.3. The van der Waals surface area contributed by atoms with Gasteiger partial charge in [-0.2, -0.15) is 0 Å². The zero-order chi connectivity index (χ0) is 22.4. The molecule has 5 aliphatic rings. The molecule has 1 aliphatic carbocycles. The molecule has 5 fully saturated rings. The topological polar surface area (TPSA) is 30.0 Å². The number of halogens is 1. The van der Waals surface area contributed by atoms with Gasteiger partial charge in [0, 0.05) is 37.9 Å². The number of piperidine rings is 2.